The van der Waals surface area contributed by atoms with Gasteiger partial charge in [-0.2, -0.15) is 0 Å². The van der Waals surface area contributed by atoms with Gasteiger partial charge in [-0.3, -0.25) is 0 Å². The third kappa shape index (κ3) is 4.41. The number of benzene rings is 10. The Balaban J connectivity index is 1.06. The molecule has 0 N–H and O–H groups in total. The molecule has 0 spiro atoms. The van der Waals surface area contributed by atoms with Gasteiger partial charge in [0.25, 0.3) is 0 Å². The minimum atomic E-state index is -0.141. The predicted molar refractivity (Wildman–Crippen MR) is 243 cm³/mol. The van der Waals surface area contributed by atoms with E-state index in [9.17, 15) is 0 Å². The number of fused-ring (bicyclic) bond motifs is 12. The Labute approximate surface area is 329 Å². The molecule has 0 bridgehead atoms. The van der Waals surface area contributed by atoms with Crippen LogP contribution in [0.5, 0.6) is 0 Å². The van der Waals surface area contributed by atoms with Gasteiger partial charge in [-0.1, -0.05) is 178 Å². The Morgan fingerprint density at radius 3 is 1.62 bits per heavy atom. The summed E-state index contributed by atoms with van der Waals surface area (Å²) in [5.74, 6) is 0. The molecule has 0 saturated carbocycles. The lowest BCUT2D eigenvalue weighted by molar-refractivity contribution is 0.661. The standard InChI is InChI=1S/C55H36S/c1-55(2)48-30-29-46-44(27-28-45-39-18-9-10-24-50(39)56-54(45)46)53(48)47-26-25-36(32-49(47)55)52-42-21-7-5-19-40(42)51(41-20-6-8-22-43(41)52)35-16-11-15-34(31-35)38-23-12-14-33-13-3-4-17-37(33)38/h3-32H,1-2H3. The molecule has 1 aliphatic rings. The summed E-state index contributed by atoms with van der Waals surface area (Å²) < 4.78 is 2.74. The molecule has 0 fully saturated rings. The molecule has 0 amide bonds. The average Bonchev–Trinajstić information content (AvgIpc) is 3.74. The lowest BCUT2D eigenvalue weighted by atomic mass is 9.80. The van der Waals surface area contributed by atoms with E-state index in [1.165, 1.54) is 119 Å². The zero-order valence-electron chi connectivity index (χ0n) is 31.2. The maximum Gasteiger partial charge on any atom is 0.0434 e. The number of rotatable bonds is 3. The first-order valence-corrected chi connectivity index (χ1v) is 20.4. The largest absolute Gasteiger partial charge is 0.135 e. The van der Waals surface area contributed by atoms with Crippen molar-refractivity contribution >= 4 is 74.6 Å². The predicted octanol–water partition coefficient (Wildman–Crippen LogP) is 16.0. The first-order valence-electron chi connectivity index (χ1n) is 19.6. The molecule has 12 rings (SSSR count). The second-order valence-electron chi connectivity index (χ2n) is 16.0. The Hall–Kier alpha value is -6.54. The second kappa shape index (κ2) is 11.7. The molecule has 0 radical (unpaired) electrons. The van der Waals surface area contributed by atoms with Crippen molar-refractivity contribution in [3.05, 3.63) is 193 Å². The van der Waals surface area contributed by atoms with E-state index < -0.39 is 0 Å². The van der Waals surface area contributed by atoms with Gasteiger partial charge < -0.3 is 0 Å². The van der Waals surface area contributed by atoms with E-state index in [0.29, 0.717) is 0 Å². The normalized spacial score (nSPS) is 13.3. The summed E-state index contributed by atoms with van der Waals surface area (Å²) in [6, 6.07) is 68.2. The highest BCUT2D eigenvalue weighted by Gasteiger charge is 2.37. The minimum absolute atomic E-state index is 0.141. The van der Waals surface area contributed by atoms with E-state index >= 15 is 0 Å². The van der Waals surface area contributed by atoms with Crippen LogP contribution in [0.2, 0.25) is 0 Å². The van der Waals surface area contributed by atoms with Crippen LogP contribution in [0.25, 0.3) is 108 Å². The smallest absolute Gasteiger partial charge is 0.0434 e. The van der Waals surface area contributed by atoms with Crippen LogP contribution in [-0.2, 0) is 5.41 Å². The van der Waals surface area contributed by atoms with Crippen LogP contribution in [0, 0.1) is 0 Å². The molecule has 1 aliphatic carbocycles. The molecule has 10 aromatic carbocycles. The highest BCUT2D eigenvalue weighted by Crippen LogP contribution is 2.54. The molecule has 1 heterocycles. The van der Waals surface area contributed by atoms with Crippen molar-refractivity contribution in [1.82, 2.24) is 0 Å². The van der Waals surface area contributed by atoms with Gasteiger partial charge >= 0.3 is 0 Å². The summed E-state index contributed by atoms with van der Waals surface area (Å²) >= 11 is 1.92. The van der Waals surface area contributed by atoms with E-state index in [1.807, 2.05) is 11.3 Å². The molecule has 1 heteroatoms. The molecular formula is C55H36S. The van der Waals surface area contributed by atoms with E-state index in [2.05, 4.69) is 196 Å². The van der Waals surface area contributed by atoms with Crippen LogP contribution >= 0.6 is 11.3 Å². The highest BCUT2D eigenvalue weighted by molar-refractivity contribution is 7.26. The Morgan fingerprint density at radius 1 is 0.339 bits per heavy atom. The molecule has 0 aliphatic heterocycles. The molecule has 0 saturated heterocycles. The summed E-state index contributed by atoms with van der Waals surface area (Å²) in [7, 11) is 0. The lowest BCUT2D eigenvalue weighted by Gasteiger charge is -2.23. The van der Waals surface area contributed by atoms with Crippen molar-refractivity contribution in [3.63, 3.8) is 0 Å². The van der Waals surface area contributed by atoms with Crippen molar-refractivity contribution in [2.75, 3.05) is 0 Å². The fraction of sp³-hybridized carbons (Fsp3) is 0.0545. The molecular weight excluding hydrogens is 693 g/mol. The Morgan fingerprint density at radius 2 is 0.875 bits per heavy atom. The van der Waals surface area contributed by atoms with Crippen molar-refractivity contribution in [2.24, 2.45) is 0 Å². The van der Waals surface area contributed by atoms with Crippen LogP contribution in [0.15, 0.2) is 182 Å². The van der Waals surface area contributed by atoms with E-state index in [1.54, 1.807) is 0 Å². The topological polar surface area (TPSA) is 0 Å². The first kappa shape index (κ1) is 31.8. The molecule has 0 unspecified atom stereocenters. The van der Waals surface area contributed by atoms with E-state index in [-0.39, 0.29) is 5.41 Å². The fourth-order valence-electron chi connectivity index (χ4n) is 10.0. The van der Waals surface area contributed by atoms with Crippen LogP contribution in [-0.4, -0.2) is 0 Å². The summed E-state index contributed by atoms with van der Waals surface area (Å²) in [6.07, 6.45) is 0. The van der Waals surface area contributed by atoms with Gasteiger partial charge in [-0.05, 0) is 112 Å². The van der Waals surface area contributed by atoms with E-state index in [0.717, 1.165) is 0 Å². The first-order chi connectivity index (χ1) is 27.5. The van der Waals surface area contributed by atoms with E-state index in [4.69, 9.17) is 0 Å². The molecule has 11 aromatic rings. The van der Waals surface area contributed by atoms with Crippen molar-refractivity contribution in [3.8, 4) is 44.5 Å². The molecule has 0 atom stereocenters. The van der Waals surface area contributed by atoms with Gasteiger partial charge in [0.2, 0.25) is 0 Å². The van der Waals surface area contributed by atoms with Crippen LogP contribution in [0.1, 0.15) is 25.0 Å². The summed E-state index contributed by atoms with van der Waals surface area (Å²) in [4.78, 5) is 0. The SMILES string of the molecule is CC1(C)c2cc(-c3c4ccccc4c(-c4cccc(-c5cccc6ccccc56)c4)c4ccccc34)ccc2-c2c1ccc1c2ccc2c3ccccc3sc12. The second-order valence-corrected chi connectivity index (χ2v) is 17.0. The van der Waals surface area contributed by atoms with Gasteiger partial charge in [0.15, 0.2) is 0 Å². The highest BCUT2D eigenvalue weighted by atomic mass is 32.1. The van der Waals surface area contributed by atoms with Crippen LogP contribution < -0.4 is 0 Å². The quantitative estimate of drug-likeness (QED) is 0.159. The van der Waals surface area contributed by atoms with Crippen molar-refractivity contribution in [2.45, 2.75) is 19.3 Å². The third-order valence-electron chi connectivity index (χ3n) is 12.6. The van der Waals surface area contributed by atoms with Gasteiger partial charge in [0.1, 0.15) is 0 Å². The molecule has 262 valence electrons. The Kier molecular flexibility index (Phi) is 6.66. The van der Waals surface area contributed by atoms with Crippen molar-refractivity contribution in [1.29, 1.82) is 0 Å². The summed E-state index contributed by atoms with van der Waals surface area (Å²) in [6.45, 7) is 4.82. The minimum Gasteiger partial charge on any atom is -0.135 e. The maximum atomic E-state index is 2.51. The number of hydrogen-bond donors (Lipinski definition) is 0. The van der Waals surface area contributed by atoms with Gasteiger partial charge in [0.05, 0.1) is 0 Å². The maximum absolute atomic E-state index is 2.51. The zero-order chi connectivity index (χ0) is 37.1. The fourth-order valence-corrected chi connectivity index (χ4v) is 11.3. The monoisotopic (exact) mass is 728 g/mol. The molecule has 1 aromatic heterocycles. The van der Waals surface area contributed by atoms with Gasteiger partial charge in [-0.25, -0.2) is 0 Å². The van der Waals surface area contributed by atoms with Crippen molar-refractivity contribution < 1.29 is 0 Å². The number of thiophene rings is 1. The van der Waals surface area contributed by atoms with Crippen LogP contribution in [0.3, 0.4) is 0 Å². The summed E-state index contributed by atoms with van der Waals surface area (Å²) in [5, 5.41) is 13.1. The molecule has 56 heavy (non-hydrogen) atoms. The van der Waals surface area contributed by atoms with Crippen LogP contribution in [0.4, 0.5) is 0 Å². The Bertz CT molecular complexity index is 3390. The summed E-state index contributed by atoms with van der Waals surface area (Å²) in [5.41, 5.74) is 13.0. The number of hydrogen-bond acceptors (Lipinski definition) is 1. The molecule has 0 nitrogen and oxygen atoms in total. The van der Waals surface area contributed by atoms with Gasteiger partial charge in [0, 0.05) is 31.0 Å². The zero-order valence-corrected chi connectivity index (χ0v) is 32.0. The average molecular weight is 729 g/mol. The van der Waals surface area contributed by atoms with Gasteiger partial charge in [-0.15, -0.1) is 11.3 Å². The lowest BCUT2D eigenvalue weighted by Crippen LogP contribution is -2.15. The third-order valence-corrected chi connectivity index (χ3v) is 13.9.